The molecule has 82 valence electrons. The van der Waals surface area contributed by atoms with E-state index in [1.54, 1.807) is 0 Å². The first kappa shape index (κ1) is 10.7. The molecule has 2 N–H and O–H groups in total. The van der Waals surface area contributed by atoms with Crippen LogP contribution >= 0.6 is 0 Å². The summed E-state index contributed by atoms with van der Waals surface area (Å²) in [5, 5.41) is 19.4. The number of hydrogen-bond donors (Lipinski definition) is 2. The summed E-state index contributed by atoms with van der Waals surface area (Å²) in [6.45, 7) is 0.0864. The Morgan fingerprint density at radius 3 is 2.53 bits per heavy atom. The van der Waals surface area contributed by atoms with E-state index < -0.39 is 0 Å². The molecule has 0 radical (unpaired) electrons. The van der Waals surface area contributed by atoms with Crippen LogP contribution in [-0.2, 0) is 6.42 Å². The number of benzene rings is 1. The number of hydrogen-bond acceptors (Lipinski definition) is 2. The Bertz CT molecular complexity index is 310. The SMILES string of the molecule is OCC1(Cc2ccccc2)CCCC1O. The zero-order chi connectivity index (χ0) is 10.7. The van der Waals surface area contributed by atoms with Gasteiger partial charge in [0.25, 0.3) is 0 Å². The second-order valence-electron chi connectivity index (χ2n) is 4.59. The van der Waals surface area contributed by atoms with Crippen LogP contribution in [0, 0.1) is 5.41 Å². The molecule has 1 aromatic rings. The molecule has 0 spiro atoms. The molecule has 2 unspecified atom stereocenters. The third-order valence-electron chi connectivity index (χ3n) is 3.57. The predicted octanol–water partition coefficient (Wildman–Crippen LogP) is 1.75. The van der Waals surface area contributed by atoms with Gasteiger partial charge in [-0.05, 0) is 24.8 Å². The van der Waals surface area contributed by atoms with Crippen molar-refractivity contribution in [1.82, 2.24) is 0 Å². The Morgan fingerprint density at radius 2 is 2.00 bits per heavy atom. The van der Waals surface area contributed by atoms with Crippen LogP contribution in [0.4, 0.5) is 0 Å². The van der Waals surface area contributed by atoms with Gasteiger partial charge in [0.15, 0.2) is 0 Å². The standard InChI is InChI=1S/C13H18O2/c14-10-13(8-4-7-12(13)15)9-11-5-2-1-3-6-11/h1-3,5-6,12,14-15H,4,7-10H2. The molecule has 1 aromatic carbocycles. The molecule has 0 heterocycles. The third-order valence-corrected chi connectivity index (χ3v) is 3.57. The van der Waals surface area contributed by atoms with E-state index in [0.29, 0.717) is 0 Å². The molecule has 2 heteroatoms. The highest BCUT2D eigenvalue weighted by Gasteiger charge is 2.41. The summed E-state index contributed by atoms with van der Waals surface area (Å²) in [6.07, 6.45) is 3.22. The second-order valence-corrected chi connectivity index (χ2v) is 4.59. The van der Waals surface area contributed by atoms with Gasteiger partial charge in [0, 0.05) is 5.41 Å². The Labute approximate surface area is 90.6 Å². The lowest BCUT2D eigenvalue weighted by Gasteiger charge is -2.30. The summed E-state index contributed by atoms with van der Waals surface area (Å²) >= 11 is 0. The molecule has 2 rings (SSSR count). The third kappa shape index (κ3) is 2.06. The summed E-state index contributed by atoms with van der Waals surface area (Å²) < 4.78 is 0. The molecule has 1 fully saturated rings. The van der Waals surface area contributed by atoms with E-state index in [2.05, 4.69) is 12.1 Å². The molecule has 15 heavy (non-hydrogen) atoms. The minimum atomic E-state index is -0.345. The van der Waals surface area contributed by atoms with Gasteiger partial charge in [-0.3, -0.25) is 0 Å². The van der Waals surface area contributed by atoms with Crippen molar-refractivity contribution in [1.29, 1.82) is 0 Å². The molecule has 2 atom stereocenters. The average Bonchev–Trinajstić information content (AvgIpc) is 2.62. The summed E-state index contributed by atoms with van der Waals surface area (Å²) in [5.41, 5.74) is 0.911. The largest absolute Gasteiger partial charge is 0.396 e. The van der Waals surface area contributed by atoms with Gasteiger partial charge in [0.2, 0.25) is 0 Å². The Balaban J connectivity index is 2.15. The molecular formula is C13H18O2. The Kier molecular flexibility index (Phi) is 3.08. The van der Waals surface area contributed by atoms with Crippen LogP contribution in [0.1, 0.15) is 24.8 Å². The van der Waals surface area contributed by atoms with Gasteiger partial charge in [-0.2, -0.15) is 0 Å². The van der Waals surface area contributed by atoms with Crippen molar-refractivity contribution in [2.24, 2.45) is 5.41 Å². The van der Waals surface area contributed by atoms with Crippen LogP contribution < -0.4 is 0 Å². The topological polar surface area (TPSA) is 40.5 Å². The maximum atomic E-state index is 9.94. The molecule has 0 bridgehead atoms. The zero-order valence-corrected chi connectivity index (χ0v) is 8.89. The van der Waals surface area contributed by atoms with Gasteiger partial charge < -0.3 is 10.2 Å². The van der Waals surface area contributed by atoms with E-state index in [1.807, 2.05) is 18.2 Å². The zero-order valence-electron chi connectivity index (χ0n) is 8.89. The lowest BCUT2D eigenvalue weighted by Crippen LogP contribution is -2.36. The summed E-state index contributed by atoms with van der Waals surface area (Å²) in [5.74, 6) is 0. The quantitative estimate of drug-likeness (QED) is 0.791. The molecule has 0 aliphatic heterocycles. The van der Waals surface area contributed by atoms with E-state index in [1.165, 1.54) is 5.56 Å². The number of rotatable bonds is 3. The molecule has 1 aliphatic carbocycles. The maximum absolute atomic E-state index is 9.94. The van der Waals surface area contributed by atoms with E-state index in [4.69, 9.17) is 0 Å². The first-order chi connectivity index (χ1) is 7.27. The van der Waals surface area contributed by atoms with Gasteiger partial charge in [0.1, 0.15) is 0 Å². The Hall–Kier alpha value is -0.860. The number of aliphatic hydroxyl groups is 2. The molecule has 2 nitrogen and oxygen atoms in total. The van der Waals surface area contributed by atoms with Crippen molar-refractivity contribution in [2.45, 2.75) is 31.8 Å². The fraction of sp³-hybridized carbons (Fsp3) is 0.538. The van der Waals surface area contributed by atoms with E-state index in [9.17, 15) is 10.2 Å². The normalized spacial score (nSPS) is 30.7. The molecule has 0 saturated heterocycles. The van der Waals surface area contributed by atoms with Crippen molar-refractivity contribution in [3.8, 4) is 0 Å². The summed E-state index contributed by atoms with van der Waals surface area (Å²) in [7, 11) is 0. The van der Waals surface area contributed by atoms with Crippen molar-refractivity contribution < 1.29 is 10.2 Å². The van der Waals surface area contributed by atoms with Crippen molar-refractivity contribution in [2.75, 3.05) is 6.61 Å². The lowest BCUT2D eigenvalue weighted by atomic mass is 9.79. The predicted molar refractivity (Wildman–Crippen MR) is 59.5 cm³/mol. The fourth-order valence-corrected chi connectivity index (χ4v) is 2.57. The summed E-state index contributed by atoms with van der Waals surface area (Å²) in [6, 6.07) is 10.1. The monoisotopic (exact) mass is 206 g/mol. The van der Waals surface area contributed by atoms with Gasteiger partial charge in [0.05, 0.1) is 12.7 Å². The summed E-state index contributed by atoms with van der Waals surface area (Å²) in [4.78, 5) is 0. The highest BCUT2D eigenvalue weighted by Crippen LogP contribution is 2.40. The van der Waals surface area contributed by atoms with Crippen LogP contribution in [0.2, 0.25) is 0 Å². The number of aliphatic hydroxyl groups excluding tert-OH is 2. The minimum absolute atomic E-state index is 0.0864. The van der Waals surface area contributed by atoms with Crippen LogP contribution in [0.3, 0.4) is 0 Å². The van der Waals surface area contributed by atoms with Crippen molar-refractivity contribution in [3.05, 3.63) is 35.9 Å². The van der Waals surface area contributed by atoms with Gasteiger partial charge in [-0.25, -0.2) is 0 Å². The minimum Gasteiger partial charge on any atom is -0.396 e. The first-order valence-corrected chi connectivity index (χ1v) is 5.60. The maximum Gasteiger partial charge on any atom is 0.0621 e. The smallest absolute Gasteiger partial charge is 0.0621 e. The second kappa shape index (κ2) is 4.33. The highest BCUT2D eigenvalue weighted by atomic mass is 16.3. The lowest BCUT2D eigenvalue weighted by molar-refractivity contribution is 0.00669. The van der Waals surface area contributed by atoms with Crippen LogP contribution in [0.5, 0.6) is 0 Å². The van der Waals surface area contributed by atoms with Crippen molar-refractivity contribution in [3.63, 3.8) is 0 Å². The van der Waals surface area contributed by atoms with Crippen molar-refractivity contribution >= 4 is 0 Å². The molecular weight excluding hydrogens is 188 g/mol. The molecule has 1 saturated carbocycles. The molecule has 0 aromatic heterocycles. The van der Waals surface area contributed by atoms with Gasteiger partial charge in [-0.15, -0.1) is 0 Å². The van der Waals surface area contributed by atoms with Crippen LogP contribution in [0.15, 0.2) is 30.3 Å². The van der Waals surface area contributed by atoms with Gasteiger partial charge >= 0.3 is 0 Å². The van der Waals surface area contributed by atoms with E-state index in [-0.39, 0.29) is 18.1 Å². The van der Waals surface area contributed by atoms with E-state index >= 15 is 0 Å². The highest BCUT2D eigenvalue weighted by molar-refractivity contribution is 5.17. The van der Waals surface area contributed by atoms with E-state index in [0.717, 1.165) is 25.7 Å². The molecule has 0 amide bonds. The first-order valence-electron chi connectivity index (χ1n) is 5.60. The van der Waals surface area contributed by atoms with Crippen LogP contribution in [-0.4, -0.2) is 22.9 Å². The van der Waals surface area contributed by atoms with Gasteiger partial charge in [-0.1, -0.05) is 36.8 Å². The Morgan fingerprint density at radius 1 is 1.27 bits per heavy atom. The van der Waals surface area contributed by atoms with Crippen LogP contribution in [0.25, 0.3) is 0 Å². The average molecular weight is 206 g/mol. The molecule has 1 aliphatic rings. The fourth-order valence-electron chi connectivity index (χ4n) is 2.57.